The molecule has 0 bridgehead atoms. The number of carbonyl (C=O) groups excluding carboxylic acids is 1. The van der Waals surface area contributed by atoms with Crippen LogP contribution in [-0.4, -0.2) is 24.1 Å². The van der Waals surface area contributed by atoms with Crippen molar-refractivity contribution in [2.45, 2.75) is 63.7 Å². The molecule has 212 valence electrons. The van der Waals surface area contributed by atoms with Crippen LogP contribution in [0.3, 0.4) is 0 Å². The van der Waals surface area contributed by atoms with Crippen molar-refractivity contribution < 1.29 is 19.4 Å². The summed E-state index contributed by atoms with van der Waals surface area (Å²) in [5, 5.41) is 10.3. The highest BCUT2D eigenvalue weighted by Gasteiger charge is 2.16. The number of rotatable bonds is 13. The summed E-state index contributed by atoms with van der Waals surface area (Å²) in [5.74, 6) is 1.96. The van der Waals surface area contributed by atoms with Gasteiger partial charge < -0.3 is 14.6 Å². The number of phenols is 1. The first-order valence-electron chi connectivity index (χ1n) is 15.1. The molecular weight excluding hydrogens is 508 g/mol. The number of ether oxygens (including phenoxy) is 2. The van der Waals surface area contributed by atoms with Crippen LogP contribution in [0.5, 0.6) is 17.2 Å². The average Bonchev–Trinajstić information content (AvgIpc) is 3.03. The lowest BCUT2D eigenvalue weighted by molar-refractivity contribution is 0.103. The second kappa shape index (κ2) is 14.5. The van der Waals surface area contributed by atoms with Gasteiger partial charge in [-0.25, -0.2) is 0 Å². The zero-order chi connectivity index (χ0) is 28.3. The van der Waals surface area contributed by atoms with Crippen LogP contribution in [0.15, 0.2) is 97.1 Å². The van der Waals surface area contributed by atoms with Crippen LogP contribution in [0.2, 0.25) is 0 Å². The van der Waals surface area contributed by atoms with E-state index in [4.69, 9.17) is 9.47 Å². The molecule has 41 heavy (non-hydrogen) atoms. The number of ketones is 1. The molecule has 0 atom stereocenters. The molecule has 5 rings (SSSR count). The topological polar surface area (TPSA) is 55.8 Å². The Morgan fingerprint density at radius 3 is 1.88 bits per heavy atom. The largest absolute Gasteiger partial charge is 0.507 e. The Kier molecular flexibility index (Phi) is 10.1. The van der Waals surface area contributed by atoms with Gasteiger partial charge in [0.15, 0.2) is 5.78 Å². The molecule has 0 aliphatic heterocycles. The summed E-state index contributed by atoms with van der Waals surface area (Å²) < 4.78 is 11.7. The fourth-order valence-electron chi connectivity index (χ4n) is 5.60. The minimum atomic E-state index is -0.202. The first-order valence-corrected chi connectivity index (χ1v) is 15.1. The van der Waals surface area contributed by atoms with E-state index in [1.54, 1.807) is 24.3 Å². The van der Waals surface area contributed by atoms with Crippen molar-refractivity contribution in [3.63, 3.8) is 0 Å². The van der Waals surface area contributed by atoms with Gasteiger partial charge in [-0.2, -0.15) is 0 Å². The van der Waals surface area contributed by atoms with Gasteiger partial charge in [-0.05, 0) is 85.4 Å². The van der Waals surface area contributed by atoms with Crippen LogP contribution in [-0.2, 0) is 0 Å². The molecule has 1 saturated carbocycles. The predicted octanol–water partition coefficient (Wildman–Crippen LogP) is 9.36. The van der Waals surface area contributed by atoms with Crippen molar-refractivity contribution in [3.8, 4) is 28.4 Å². The van der Waals surface area contributed by atoms with Crippen LogP contribution in [0, 0.1) is 0 Å². The van der Waals surface area contributed by atoms with E-state index < -0.39 is 0 Å². The summed E-state index contributed by atoms with van der Waals surface area (Å²) in [6.45, 7) is 1.26. The van der Waals surface area contributed by atoms with E-state index in [1.165, 1.54) is 54.9 Å². The van der Waals surface area contributed by atoms with Crippen molar-refractivity contribution in [1.82, 2.24) is 0 Å². The molecule has 4 nitrogen and oxygen atoms in total. The molecule has 0 radical (unpaired) electrons. The van der Waals surface area contributed by atoms with Gasteiger partial charge in [0.2, 0.25) is 0 Å². The Labute approximate surface area is 244 Å². The van der Waals surface area contributed by atoms with E-state index in [0.717, 1.165) is 37.4 Å². The van der Waals surface area contributed by atoms with Gasteiger partial charge in [-0.1, -0.05) is 86.0 Å². The maximum atomic E-state index is 12.6. The second-order valence-electron chi connectivity index (χ2n) is 11.0. The average molecular weight is 549 g/mol. The number of hydrogen-bond donors (Lipinski definition) is 1. The predicted molar refractivity (Wildman–Crippen MR) is 165 cm³/mol. The maximum absolute atomic E-state index is 12.6. The molecule has 0 saturated heterocycles. The van der Waals surface area contributed by atoms with Gasteiger partial charge in [0.1, 0.15) is 17.2 Å². The molecule has 0 spiro atoms. The standard InChI is InChI=1S/C37H40O4/c38-36-27-34(23-24-35(36)37(39)32-13-7-4-8-14-32)41-26-10-2-1-9-25-40-33-21-19-31(20-22-33)30-17-15-29(16-18-30)28-11-5-3-6-12-28/h4,7-8,13-24,27-28,38H,1-3,5-6,9-12,25-26H2. The van der Waals surface area contributed by atoms with E-state index >= 15 is 0 Å². The summed E-state index contributed by atoms with van der Waals surface area (Å²) in [5.41, 5.74) is 4.79. The highest BCUT2D eigenvalue weighted by Crippen LogP contribution is 2.34. The molecule has 4 aromatic carbocycles. The van der Waals surface area contributed by atoms with Gasteiger partial charge >= 0.3 is 0 Å². The van der Waals surface area contributed by atoms with Crippen molar-refractivity contribution in [3.05, 3.63) is 114 Å². The molecule has 1 aliphatic carbocycles. The molecule has 1 N–H and O–H groups in total. The van der Waals surface area contributed by atoms with Crippen molar-refractivity contribution >= 4 is 5.78 Å². The molecule has 0 unspecified atom stereocenters. The van der Waals surface area contributed by atoms with Gasteiger partial charge in [-0.15, -0.1) is 0 Å². The monoisotopic (exact) mass is 548 g/mol. The van der Waals surface area contributed by atoms with Gasteiger partial charge in [0.05, 0.1) is 18.8 Å². The number of carbonyl (C=O) groups is 1. The summed E-state index contributed by atoms with van der Waals surface area (Å²) >= 11 is 0. The third kappa shape index (κ3) is 8.00. The van der Waals surface area contributed by atoms with Crippen LogP contribution < -0.4 is 9.47 Å². The van der Waals surface area contributed by atoms with Crippen LogP contribution in [0.1, 0.15) is 85.2 Å². The Balaban J connectivity index is 0.967. The number of unbranched alkanes of at least 4 members (excludes halogenated alkanes) is 3. The number of hydrogen-bond acceptors (Lipinski definition) is 4. The Bertz CT molecular complexity index is 1370. The molecule has 4 heteroatoms. The van der Waals surface area contributed by atoms with Crippen LogP contribution in [0.25, 0.3) is 11.1 Å². The molecule has 4 aromatic rings. The molecule has 0 heterocycles. The molecule has 0 amide bonds. The quantitative estimate of drug-likeness (QED) is 0.134. The minimum Gasteiger partial charge on any atom is -0.507 e. The lowest BCUT2D eigenvalue weighted by Crippen LogP contribution is -2.04. The molecule has 1 fully saturated rings. The van der Waals surface area contributed by atoms with Gasteiger partial charge in [0, 0.05) is 11.6 Å². The first kappa shape index (κ1) is 28.5. The highest BCUT2D eigenvalue weighted by molar-refractivity contribution is 6.10. The Hall–Kier alpha value is -4.05. The fraction of sp³-hybridized carbons (Fsp3) is 0.324. The van der Waals surface area contributed by atoms with E-state index in [2.05, 4.69) is 48.5 Å². The van der Waals surface area contributed by atoms with Crippen LogP contribution in [0.4, 0.5) is 0 Å². The fourth-order valence-corrected chi connectivity index (χ4v) is 5.60. The van der Waals surface area contributed by atoms with E-state index in [0.29, 0.717) is 24.5 Å². The minimum absolute atomic E-state index is 0.0610. The summed E-state index contributed by atoms with van der Waals surface area (Å²) in [7, 11) is 0. The molecule has 1 aliphatic rings. The van der Waals surface area contributed by atoms with E-state index in [-0.39, 0.29) is 17.1 Å². The molecule has 0 aromatic heterocycles. The summed E-state index contributed by atoms with van der Waals surface area (Å²) in [4.78, 5) is 12.6. The first-order chi connectivity index (χ1) is 20.2. The Morgan fingerprint density at radius 2 is 1.24 bits per heavy atom. The second-order valence-corrected chi connectivity index (χ2v) is 11.0. The molecular formula is C37H40O4. The van der Waals surface area contributed by atoms with Crippen molar-refractivity contribution in [2.24, 2.45) is 0 Å². The zero-order valence-electron chi connectivity index (χ0n) is 23.8. The number of phenolic OH excluding ortho intramolecular Hbond substituents is 1. The maximum Gasteiger partial charge on any atom is 0.196 e. The summed E-state index contributed by atoms with van der Waals surface area (Å²) in [6.07, 6.45) is 10.8. The van der Waals surface area contributed by atoms with E-state index in [9.17, 15) is 9.90 Å². The normalized spacial score (nSPS) is 13.6. The van der Waals surface area contributed by atoms with Crippen molar-refractivity contribution in [2.75, 3.05) is 13.2 Å². The third-order valence-electron chi connectivity index (χ3n) is 8.00. The third-order valence-corrected chi connectivity index (χ3v) is 8.00. The zero-order valence-corrected chi connectivity index (χ0v) is 23.8. The lowest BCUT2D eigenvalue weighted by atomic mass is 9.84. The summed E-state index contributed by atoms with van der Waals surface area (Å²) in [6, 6.07) is 31.4. The smallest absolute Gasteiger partial charge is 0.196 e. The lowest BCUT2D eigenvalue weighted by Gasteiger charge is -2.22. The SMILES string of the molecule is O=C(c1ccccc1)c1ccc(OCCCCCCOc2ccc(-c3ccc(C4CCCCC4)cc3)cc2)cc1O. The number of aromatic hydroxyl groups is 1. The van der Waals surface area contributed by atoms with Crippen LogP contribution >= 0.6 is 0 Å². The number of benzene rings is 4. The van der Waals surface area contributed by atoms with E-state index in [1.807, 2.05) is 18.2 Å². The van der Waals surface area contributed by atoms with Crippen molar-refractivity contribution in [1.29, 1.82) is 0 Å². The highest BCUT2D eigenvalue weighted by atomic mass is 16.5. The Morgan fingerprint density at radius 1 is 0.659 bits per heavy atom. The van der Waals surface area contributed by atoms with Gasteiger partial charge in [-0.3, -0.25) is 4.79 Å². The van der Waals surface area contributed by atoms with Gasteiger partial charge in [0.25, 0.3) is 0 Å².